The van der Waals surface area contributed by atoms with Crippen LogP contribution in [0.15, 0.2) is 11.6 Å². The number of hydrogen-bond donors (Lipinski definition) is 0. The Kier molecular flexibility index (Phi) is 2.78. The second-order valence-electron chi connectivity index (χ2n) is 7.06. The highest BCUT2D eigenvalue weighted by Crippen LogP contribution is 2.69. The van der Waals surface area contributed by atoms with Crippen LogP contribution in [-0.4, -0.2) is 11.6 Å². The van der Waals surface area contributed by atoms with Crippen molar-refractivity contribution in [1.82, 2.24) is 0 Å². The summed E-state index contributed by atoms with van der Waals surface area (Å²) in [6.07, 6.45) is 8.01. The molecule has 0 bridgehead atoms. The van der Waals surface area contributed by atoms with E-state index in [4.69, 9.17) is 0 Å². The summed E-state index contributed by atoms with van der Waals surface area (Å²) in [7, 11) is 0. The van der Waals surface area contributed by atoms with E-state index in [9.17, 15) is 9.59 Å². The minimum Gasteiger partial charge on any atom is -0.299 e. The highest BCUT2D eigenvalue weighted by Gasteiger charge is 2.69. The normalized spacial score (nSPS) is 44.5. The molecule has 3 aliphatic carbocycles. The Labute approximate surface area is 115 Å². The molecule has 3 rings (SSSR count). The maximum atomic E-state index is 12.5. The van der Waals surface area contributed by atoms with E-state index in [0.29, 0.717) is 24.4 Å². The van der Waals surface area contributed by atoms with E-state index in [0.717, 1.165) is 12.8 Å². The Morgan fingerprint density at radius 3 is 2.74 bits per heavy atom. The zero-order chi connectivity index (χ0) is 13.8. The molecule has 2 saturated carbocycles. The van der Waals surface area contributed by atoms with Crippen molar-refractivity contribution in [2.24, 2.45) is 22.7 Å². The van der Waals surface area contributed by atoms with E-state index >= 15 is 0 Å². The standard InChI is InChI=1S/C17H24O2/c1-4-5-6-12-9-16(3)15(19)8-13-7-14(18)11(2)17(13,16)10-12/h10-11,13H,4-9H2,1-3H3/t11?,13-,16-,17-/m0/s1. The van der Waals surface area contributed by atoms with Gasteiger partial charge in [0.15, 0.2) is 0 Å². The molecule has 2 nitrogen and oxygen atoms in total. The number of rotatable bonds is 3. The molecule has 0 N–H and O–H groups in total. The van der Waals surface area contributed by atoms with Crippen LogP contribution in [-0.2, 0) is 9.59 Å². The van der Waals surface area contributed by atoms with Crippen molar-refractivity contribution in [3.05, 3.63) is 11.6 Å². The molecule has 0 radical (unpaired) electrons. The molecule has 0 aromatic heterocycles. The molecule has 1 unspecified atom stereocenters. The van der Waals surface area contributed by atoms with Crippen molar-refractivity contribution in [2.75, 3.05) is 0 Å². The van der Waals surface area contributed by atoms with Crippen LogP contribution in [0.1, 0.15) is 59.3 Å². The predicted octanol–water partition coefficient (Wildman–Crippen LogP) is 3.70. The first kappa shape index (κ1) is 13.1. The molecular formula is C17H24O2. The van der Waals surface area contributed by atoms with Crippen LogP contribution in [0.4, 0.5) is 0 Å². The molecule has 0 amide bonds. The van der Waals surface area contributed by atoms with Crippen molar-refractivity contribution in [1.29, 1.82) is 0 Å². The minimum absolute atomic E-state index is 0.0353. The van der Waals surface area contributed by atoms with Gasteiger partial charge in [0, 0.05) is 29.6 Å². The molecule has 19 heavy (non-hydrogen) atoms. The van der Waals surface area contributed by atoms with Gasteiger partial charge < -0.3 is 0 Å². The molecule has 2 heteroatoms. The quantitative estimate of drug-likeness (QED) is 0.725. The Hall–Kier alpha value is -0.920. The van der Waals surface area contributed by atoms with Crippen LogP contribution in [0.5, 0.6) is 0 Å². The fourth-order valence-corrected chi connectivity index (χ4v) is 5.13. The van der Waals surface area contributed by atoms with Gasteiger partial charge in [-0.1, -0.05) is 38.8 Å². The summed E-state index contributed by atoms with van der Waals surface area (Å²) in [4.78, 5) is 24.7. The largest absolute Gasteiger partial charge is 0.299 e. The minimum atomic E-state index is -0.285. The lowest BCUT2D eigenvalue weighted by molar-refractivity contribution is -0.130. The van der Waals surface area contributed by atoms with Crippen molar-refractivity contribution < 1.29 is 9.59 Å². The first-order valence-corrected chi connectivity index (χ1v) is 7.72. The van der Waals surface area contributed by atoms with Gasteiger partial charge in [0.2, 0.25) is 0 Å². The molecule has 2 fully saturated rings. The second-order valence-corrected chi connectivity index (χ2v) is 7.06. The average molecular weight is 260 g/mol. The number of ketones is 2. The van der Waals surface area contributed by atoms with E-state index < -0.39 is 0 Å². The van der Waals surface area contributed by atoms with Gasteiger partial charge in [-0.25, -0.2) is 0 Å². The molecule has 0 heterocycles. The molecule has 104 valence electrons. The van der Waals surface area contributed by atoms with Crippen molar-refractivity contribution >= 4 is 11.6 Å². The van der Waals surface area contributed by atoms with E-state index in [1.54, 1.807) is 0 Å². The molecule has 0 aromatic rings. The van der Waals surface area contributed by atoms with Crippen LogP contribution in [0.2, 0.25) is 0 Å². The summed E-state index contributed by atoms with van der Waals surface area (Å²) in [6, 6.07) is 0. The Morgan fingerprint density at radius 1 is 1.32 bits per heavy atom. The third kappa shape index (κ3) is 1.43. The van der Waals surface area contributed by atoms with Crippen LogP contribution in [0.3, 0.4) is 0 Å². The van der Waals surface area contributed by atoms with Gasteiger partial charge in [-0.15, -0.1) is 0 Å². The highest BCUT2D eigenvalue weighted by atomic mass is 16.1. The fraction of sp³-hybridized carbons (Fsp3) is 0.765. The van der Waals surface area contributed by atoms with E-state index in [1.165, 1.54) is 18.4 Å². The van der Waals surface area contributed by atoms with Crippen LogP contribution in [0, 0.1) is 22.7 Å². The molecule has 3 aliphatic rings. The first-order chi connectivity index (χ1) is 8.95. The summed E-state index contributed by atoms with van der Waals surface area (Å²) >= 11 is 0. The van der Waals surface area contributed by atoms with Gasteiger partial charge in [0.05, 0.1) is 0 Å². The monoisotopic (exact) mass is 260 g/mol. The van der Waals surface area contributed by atoms with Crippen LogP contribution < -0.4 is 0 Å². The molecule has 1 spiro atoms. The average Bonchev–Trinajstić information content (AvgIpc) is 2.86. The number of Topliss-reactive ketones (excluding diaryl/α,β-unsaturated/α-hetero) is 2. The molecular weight excluding hydrogens is 236 g/mol. The third-order valence-corrected chi connectivity index (χ3v) is 6.20. The van der Waals surface area contributed by atoms with Gasteiger partial charge in [-0.3, -0.25) is 9.59 Å². The molecule has 4 atom stereocenters. The lowest BCUT2D eigenvalue weighted by Gasteiger charge is -2.39. The third-order valence-electron chi connectivity index (χ3n) is 6.20. The van der Waals surface area contributed by atoms with E-state index in [1.807, 2.05) is 0 Å². The molecule has 0 aliphatic heterocycles. The topological polar surface area (TPSA) is 34.1 Å². The fourth-order valence-electron chi connectivity index (χ4n) is 5.13. The van der Waals surface area contributed by atoms with Crippen LogP contribution >= 0.6 is 0 Å². The SMILES string of the molecule is CCCCC1=C[C@]23C(C)C(=O)C[C@H]2CC(=O)[C@]3(C)C1. The maximum absolute atomic E-state index is 12.5. The summed E-state index contributed by atoms with van der Waals surface area (Å²) in [6.45, 7) is 6.38. The number of carbonyl (C=O) groups excluding carboxylic acids is 2. The lowest BCUT2D eigenvalue weighted by atomic mass is 9.62. The number of carbonyl (C=O) groups is 2. The summed E-state index contributed by atoms with van der Waals surface area (Å²) < 4.78 is 0. The lowest BCUT2D eigenvalue weighted by Crippen LogP contribution is -2.40. The van der Waals surface area contributed by atoms with E-state index in [-0.39, 0.29) is 22.7 Å². The summed E-state index contributed by atoms with van der Waals surface area (Å²) in [5, 5.41) is 0. The number of allylic oxidation sites excluding steroid dienone is 2. The van der Waals surface area contributed by atoms with Gasteiger partial charge >= 0.3 is 0 Å². The van der Waals surface area contributed by atoms with E-state index in [2.05, 4.69) is 26.8 Å². The second kappa shape index (κ2) is 4.04. The summed E-state index contributed by atoms with van der Waals surface area (Å²) in [5.41, 5.74) is 1.01. The van der Waals surface area contributed by atoms with Gasteiger partial charge in [0.25, 0.3) is 0 Å². The maximum Gasteiger partial charge on any atom is 0.140 e. The van der Waals surface area contributed by atoms with Gasteiger partial charge in [-0.05, 0) is 25.2 Å². The number of hydrogen-bond acceptors (Lipinski definition) is 2. The van der Waals surface area contributed by atoms with Gasteiger partial charge in [0.1, 0.15) is 11.6 Å². The Balaban J connectivity index is 2.02. The Bertz CT molecular complexity index is 476. The van der Waals surface area contributed by atoms with Crippen molar-refractivity contribution in [2.45, 2.75) is 59.3 Å². The zero-order valence-corrected chi connectivity index (χ0v) is 12.3. The first-order valence-electron chi connectivity index (χ1n) is 7.72. The number of unbranched alkanes of at least 4 members (excludes halogenated alkanes) is 1. The van der Waals surface area contributed by atoms with Crippen molar-refractivity contribution in [3.8, 4) is 0 Å². The predicted molar refractivity (Wildman–Crippen MR) is 74.7 cm³/mol. The summed E-state index contributed by atoms with van der Waals surface area (Å²) in [5.74, 6) is 1.09. The van der Waals surface area contributed by atoms with Gasteiger partial charge in [-0.2, -0.15) is 0 Å². The zero-order valence-electron chi connectivity index (χ0n) is 12.3. The van der Waals surface area contributed by atoms with Crippen LogP contribution in [0.25, 0.3) is 0 Å². The molecule has 0 saturated heterocycles. The molecule has 0 aromatic carbocycles. The van der Waals surface area contributed by atoms with Crippen molar-refractivity contribution in [3.63, 3.8) is 0 Å². The Morgan fingerprint density at radius 2 is 2.05 bits per heavy atom. The smallest absolute Gasteiger partial charge is 0.140 e. The highest BCUT2D eigenvalue weighted by molar-refractivity contribution is 5.96.